The van der Waals surface area contributed by atoms with Gasteiger partial charge >= 0.3 is 0 Å². The van der Waals surface area contributed by atoms with Crippen LogP contribution in [-0.2, 0) is 4.79 Å². The summed E-state index contributed by atoms with van der Waals surface area (Å²) in [5.41, 5.74) is 3.03. The molecule has 26 heavy (non-hydrogen) atoms. The molecule has 5 heteroatoms. The first-order chi connectivity index (χ1) is 12.5. The van der Waals surface area contributed by atoms with Gasteiger partial charge < -0.3 is 5.32 Å². The quantitative estimate of drug-likeness (QED) is 0.813. The number of aryl methyl sites for hydroxylation is 1. The van der Waals surface area contributed by atoms with E-state index in [0.717, 1.165) is 16.9 Å². The van der Waals surface area contributed by atoms with E-state index < -0.39 is 0 Å². The molecule has 2 aromatic rings. The monoisotopic (exact) mass is 350 g/mol. The van der Waals surface area contributed by atoms with Crippen LogP contribution in [0, 0.1) is 6.92 Å². The molecule has 0 saturated heterocycles. The Hall–Kier alpha value is -2.95. The largest absolute Gasteiger partial charge is 0.349 e. The summed E-state index contributed by atoms with van der Waals surface area (Å²) in [4.78, 5) is 38.1. The Morgan fingerprint density at radius 2 is 1.58 bits per heavy atom. The zero-order valence-electron chi connectivity index (χ0n) is 15.0. The van der Waals surface area contributed by atoms with Crippen LogP contribution in [0.5, 0.6) is 0 Å². The molecule has 3 rings (SSSR count). The minimum absolute atomic E-state index is 0.0784. The lowest BCUT2D eigenvalue weighted by molar-refractivity contribution is -0.121. The number of nitrogens with one attached hydrogen (secondary N) is 1. The Bertz CT molecular complexity index is 808. The van der Waals surface area contributed by atoms with Crippen LogP contribution in [0.4, 0.5) is 0 Å². The van der Waals surface area contributed by atoms with Crippen molar-refractivity contribution in [3.63, 3.8) is 0 Å². The molecule has 0 bridgehead atoms. The summed E-state index contributed by atoms with van der Waals surface area (Å²) >= 11 is 0. The predicted molar refractivity (Wildman–Crippen MR) is 98.8 cm³/mol. The van der Waals surface area contributed by atoms with Gasteiger partial charge in [0.15, 0.2) is 0 Å². The second-order valence-corrected chi connectivity index (χ2v) is 6.50. The molecule has 0 aliphatic carbocycles. The molecule has 0 saturated carbocycles. The number of fused-ring (bicyclic) bond motifs is 1. The van der Waals surface area contributed by atoms with Crippen molar-refractivity contribution in [2.45, 2.75) is 32.7 Å². The Balaban J connectivity index is 1.60. The van der Waals surface area contributed by atoms with E-state index in [2.05, 4.69) is 5.32 Å². The molecule has 0 aromatic heterocycles. The SMILES string of the molecule is CC[C@@H](NC(=O)CCN1C(=O)c2ccccc2C1=O)c1ccc(C)cc1. The predicted octanol–water partition coefficient (Wildman–Crippen LogP) is 3.25. The van der Waals surface area contributed by atoms with Crippen molar-refractivity contribution in [3.8, 4) is 0 Å². The van der Waals surface area contributed by atoms with E-state index in [1.165, 1.54) is 5.56 Å². The highest BCUT2D eigenvalue weighted by molar-refractivity contribution is 6.21. The van der Waals surface area contributed by atoms with Gasteiger partial charge in [0.2, 0.25) is 5.91 Å². The molecule has 1 heterocycles. The lowest BCUT2D eigenvalue weighted by Crippen LogP contribution is -2.35. The Morgan fingerprint density at radius 3 is 2.12 bits per heavy atom. The van der Waals surface area contributed by atoms with E-state index in [1.807, 2.05) is 38.1 Å². The van der Waals surface area contributed by atoms with Crippen molar-refractivity contribution in [2.24, 2.45) is 0 Å². The molecule has 1 atom stereocenters. The number of rotatable bonds is 6. The molecule has 134 valence electrons. The normalized spacial score (nSPS) is 14.3. The van der Waals surface area contributed by atoms with Crippen molar-refractivity contribution < 1.29 is 14.4 Å². The Labute approximate surface area is 153 Å². The summed E-state index contributed by atoms with van der Waals surface area (Å²) < 4.78 is 0. The van der Waals surface area contributed by atoms with E-state index in [9.17, 15) is 14.4 Å². The van der Waals surface area contributed by atoms with Crippen LogP contribution in [0.3, 0.4) is 0 Å². The summed E-state index contributed by atoms with van der Waals surface area (Å²) in [5, 5.41) is 2.99. The Morgan fingerprint density at radius 1 is 1.00 bits per heavy atom. The fourth-order valence-electron chi connectivity index (χ4n) is 3.14. The van der Waals surface area contributed by atoms with E-state index in [1.54, 1.807) is 24.3 Å². The molecule has 1 N–H and O–H groups in total. The number of carbonyl (C=O) groups excluding carboxylic acids is 3. The van der Waals surface area contributed by atoms with Crippen molar-refractivity contribution >= 4 is 17.7 Å². The summed E-state index contributed by atoms with van der Waals surface area (Å²) in [5.74, 6) is -0.832. The van der Waals surface area contributed by atoms with Crippen LogP contribution >= 0.6 is 0 Å². The van der Waals surface area contributed by atoms with Crippen LogP contribution in [0.2, 0.25) is 0 Å². The molecule has 1 aliphatic heterocycles. The first-order valence-corrected chi connectivity index (χ1v) is 8.82. The topological polar surface area (TPSA) is 66.5 Å². The summed E-state index contributed by atoms with van der Waals surface area (Å²) in [6, 6.07) is 14.7. The van der Waals surface area contributed by atoms with Gasteiger partial charge in [-0.3, -0.25) is 19.3 Å². The molecule has 0 fully saturated rings. The molecule has 0 radical (unpaired) electrons. The van der Waals surface area contributed by atoms with E-state index in [0.29, 0.717) is 11.1 Å². The van der Waals surface area contributed by atoms with Crippen LogP contribution in [0.1, 0.15) is 57.7 Å². The van der Waals surface area contributed by atoms with Crippen molar-refractivity contribution in [1.82, 2.24) is 10.2 Å². The molecule has 0 spiro atoms. The van der Waals surface area contributed by atoms with E-state index >= 15 is 0 Å². The third-order valence-corrected chi connectivity index (χ3v) is 4.66. The number of hydrogen-bond donors (Lipinski definition) is 1. The number of carbonyl (C=O) groups is 3. The highest BCUT2D eigenvalue weighted by atomic mass is 16.2. The van der Waals surface area contributed by atoms with Crippen LogP contribution in [0.25, 0.3) is 0 Å². The zero-order chi connectivity index (χ0) is 18.7. The second kappa shape index (κ2) is 7.52. The molecule has 1 aliphatic rings. The zero-order valence-corrected chi connectivity index (χ0v) is 15.0. The lowest BCUT2D eigenvalue weighted by Gasteiger charge is -2.19. The number of hydrogen-bond acceptors (Lipinski definition) is 3. The van der Waals surface area contributed by atoms with Gasteiger partial charge in [0.25, 0.3) is 11.8 Å². The van der Waals surface area contributed by atoms with E-state index in [-0.39, 0.29) is 36.7 Å². The average Bonchev–Trinajstić information content (AvgIpc) is 2.90. The number of benzene rings is 2. The highest BCUT2D eigenvalue weighted by Gasteiger charge is 2.35. The maximum absolute atomic E-state index is 12.3. The minimum Gasteiger partial charge on any atom is -0.349 e. The minimum atomic E-state index is -0.330. The van der Waals surface area contributed by atoms with Crippen LogP contribution in [0.15, 0.2) is 48.5 Å². The fourth-order valence-corrected chi connectivity index (χ4v) is 3.14. The lowest BCUT2D eigenvalue weighted by atomic mass is 10.0. The van der Waals surface area contributed by atoms with Gasteiger partial charge in [-0.1, -0.05) is 48.9 Å². The summed E-state index contributed by atoms with van der Waals surface area (Å²) in [6.45, 7) is 4.11. The highest BCUT2D eigenvalue weighted by Crippen LogP contribution is 2.22. The molecular weight excluding hydrogens is 328 g/mol. The van der Waals surface area contributed by atoms with Gasteiger partial charge in [0.1, 0.15) is 0 Å². The maximum atomic E-state index is 12.3. The van der Waals surface area contributed by atoms with Crippen LogP contribution < -0.4 is 5.32 Å². The van der Waals surface area contributed by atoms with Gasteiger partial charge in [0, 0.05) is 13.0 Å². The van der Waals surface area contributed by atoms with Crippen molar-refractivity contribution in [1.29, 1.82) is 0 Å². The van der Waals surface area contributed by atoms with Gasteiger partial charge in [-0.15, -0.1) is 0 Å². The molecule has 2 aromatic carbocycles. The van der Waals surface area contributed by atoms with Crippen LogP contribution in [-0.4, -0.2) is 29.2 Å². The number of imide groups is 1. The van der Waals surface area contributed by atoms with Gasteiger partial charge in [0.05, 0.1) is 17.2 Å². The maximum Gasteiger partial charge on any atom is 0.261 e. The smallest absolute Gasteiger partial charge is 0.261 e. The average molecular weight is 350 g/mol. The molecule has 3 amide bonds. The first kappa shape index (κ1) is 17.9. The first-order valence-electron chi connectivity index (χ1n) is 8.82. The van der Waals surface area contributed by atoms with Gasteiger partial charge in [-0.2, -0.15) is 0 Å². The summed E-state index contributed by atoms with van der Waals surface area (Å²) in [7, 11) is 0. The third-order valence-electron chi connectivity index (χ3n) is 4.66. The number of amides is 3. The van der Waals surface area contributed by atoms with E-state index in [4.69, 9.17) is 0 Å². The standard InChI is InChI=1S/C21H22N2O3/c1-3-18(15-10-8-14(2)9-11-15)22-19(24)12-13-23-20(25)16-6-4-5-7-17(16)21(23)26/h4-11,18H,3,12-13H2,1-2H3,(H,22,24)/t18-/m1/s1. The summed E-state index contributed by atoms with van der Waals surface area (Å²) in [6.07, 6.45) is 0.857. The van der Waals surface area contributed by atoms with Crippen molar-refractivity contribution in [3.05, 3.63) is 70.8 Å². The fraction of sp³-hybridized carbons (Fsp3) is 0.286. The second-order valence-electron chi connectivity index (χ2n) is 6.50. The van der Waals surface area contributed by atoms with Gasteiger partial charge in [-0.25, -0.2) is 0 Å². The third kappa shape index (κ3) is 3.52. The molecular formula is C21H22N2O3. The number of nitrogens with zero attached hydrogens (tertiary/aromatic N) is 1. The molecule has 0 unspecified atom stereocenters. The Kier molecular flexibility index (Phi) is 5.16. The van der Waals surface area contributed by atoms with Gasteiger partial charge in [-0.05, 0) is 31.0 Å². The molecule has 5 nitrogen and oxygen atoms in total. The van der Waals surface area contributed by atoms with Crippen molar-refractivity contribution in [2.75, 3.05) is 6.54 Å².